The number of carboxylic acid groups (broad SMARTS) is 1. The van der Waals surface area contributed by atoms with Gasteiger partial charge in [-0.1, -0.05) is 30.3 Å². The van der Waals surface area contributed by atoms with Gasteiger partial charge in [-0.2, -0.15) is 17.4 Å². The summed E-state index contributed by atoms with van der Waals surface area (Å²) in [7, 11) is -2.75. The first kappa shape index (κ1) is 17.1. The molecule has 4 N–H and O–H groups in total. The van der Waals surface area contributed by atoms with Crippen molar-refractivity contribution < 1.29 is 23.1 Å². The lowest BCUT2D eigenvalue weighted by Gasteiger charge is -2.20. The van der Waals surface area contributed by atoms with Gasteiger partial charge in [0.2, 0.25) is 5.91 Å². The van der Waals surface area contributed by atoms with Crippen molar-refractivity contribution in [3.05, 3.63) is 35.9 Å². The van der Waals surface area contributed by atoms with Gasteiger partial charge in [0.05, 0.1) is 6.42 Å². The van der Waals surface area contributed by atoms with E-state index in [1.807, 2.05) is 4.72 Å². The van der Waals surface area contributed by atoms with Crippen molar-refractivity contribution in [2.45, 2.75) is 19.0 Å². The monoisotopic (exact) mass is 315 g/mol. The first-order chi connectivity index (χ1) is 9.72. The lowest BCUT2D eigenvalue weighted by atomic mass is 10.2. The van der Waals surface area contributed by atoms with E-state index in [1.54, 1.807) is 30.3 Å². The Morgan fingerprint density at radius 2 is 1.90 bits per heavy atom. The van der Waals surface area contributed by atoms with Crippen LogP contribution < -0.4 is 10.5 Å². The molecule has 1 aromatic carbocycles. The highest BCUT2D eigenvalue weighted by Gasteiger charge is 2.28. The number of aliphatic carboxylic acids is 1. The van der Waals surface area contributed by atoms with Crippen LogP contribution in [-0.4, -0.2) is 42.8 Å². The van der Waals surface area contributed by atoms with Gasteiger partial charge in [0, 0.05) is 13.6 Å². The Kier molecular flexibility index (Phi) is 5.82. The molecule has 116 valence electrons. The SMILES string of the molecule is CN(Cc1ccccc1)S(=O)(=O)N[C@@H](CC(N)=O)C(=O)O. The Bertz CT molecular complexity index is 603. The third-order valence-electron chi connectivity index (χ3n) is 2.65. The Hall–Kier alpha value is -1.97. The highest BCUT2D eigenvalue weighted by molar-refractivity contribution is 7.87. The number of benzene rings is 1. The molecule has 21 heavy (non-hydrogen) atoms. The molecule has 0 aliphatic carbocycles. The van der Waals surface area contributed by atoms with Crippen molar-refractivity contribution in [1.82, 2.24) is 9.03 Å². The number of nitrogens with one attached hydrogen (secondary N) is 1. The Morgan fingerprint density at radius 3 is 2.38 bits per heavy atom. The van der Waals surface area contributed by atoms with E-state index in [9.17, 15) is 18.0 Å². The zero-order chi connectivity index (χ0) is 16.0. The largest absolute Gasteiger partial charge is 0.480 e. The Labute approximate surface area is 122 Å². The molecular weight excluding hydrogens is 298 g/mol. The number of primary amides is 1. The standard InChI is InChI=1S/C12H17N3O5S/c1-15(8-9-5-3-2-4-6-9)21(19,20)14-10(12(17)18)7-11(13)16/h2-6,10,14H,7-8H2,1H3,(H2,13,16)(H,17,18)/t10-/m0/s1. The van der Waals surface area contributed by atoms with Gasteiger partial charge in [-0.15, -0.1) is 0 Å². The molecule has 1 rings (SSSR count). The van der Waals surface area contributed by atoms with Gasteiger partial charge < -0.3 is 10.8 Å². The summed E-state index contributed by atoms with van der Waals surface area (Å²) in [6.45, 7) is 0.0685. The molecule has 0 spiro atoms. The van der Waals surface area contributed by atoms with E-state index < -0.39 is 34.5 Å². The van der Waals surface area contributed by atoms with E-state index in [1.165, 1.54) is 7.05 Å². The Balaban J connectivity index is 2.79. The molecule has 0 aliphatic heterocycles. The molecule has 0 heterocycles. The smallest absolute Gasteiger partial charge is 0.322 e. The van der Waals surface area contributed by atoms with Gasteiger partial charge in [0.25, 0.3) is 10.2 Å². The summed E-state index contributed by atoms with van der Waals surface area (Å²) in [4.78, 5) is 21.7. The molecule has 0 unspecified atom stereocenters. The second-order valence-electron chi connectivity index (χ2n) is 4.43. The number of nitrogens with zero attached hydrogens (tertiary/aromatic N) is 1. The minimum atomic E-state index is -4.05. The van der Waals surface area contributed by atoms with Crippen LogP contribution in [-0.2, 0) is 26.3 Å². The van der Waals surface area contributed by atoms with E-state index in [0.717, 1.165) is 9.87 Å². The lowest BCUT2D eigenvalue weighted by molar-refractivity contribution is -0.140. The molecule has 0 saturated heterocycles. The topological polar surface area (TPSA) is 130 Å². The van der Waals surface area contributed by atoms with Crippen LogP contribution in [0.25, 0.3) is 0 Å². The summed E-state index contributed by atoms with van der Waals surface area (Å²) >= 11 is 0. The maximum absolute atomic E-state index is 12.0. The fraction of sp³-hybridized carbons (Fsp3) is 0.333. The maximum Gasteiger partial charge on any atom is 0.322 e. The molecule has 0 radical (unpaired) electrons. The quantitative estimate of drug-likeness (QED) is 0.583. The van der Waals surface area contributed by atoms with Gasteiger partial charge in [-0.25, -0.2) is 0 Å². The van der Waals surface area contributed by atoms with E-state index in [2.05, 4.69) is 0 Å². The zero-order valence-electron chi connectivity index (χ0n) is 11.4. The predicted molar refractivity (Wildman–Crippen MR) is 75.2 cm³/mol. The Morgan fingerprint density at radius 1 is 1.33 bits per heavy atom. The van der Waals surface area contributed by atoms with Crippen LogP contribution >= 0.6 is 0 Å². The number of rotatable bonds is 8. The fourth-order valence-electron chi connectivity index (χ4n) is 1.58. The molecular formula is C12H17N3O5S. The molecule has 1 amide bonds. The predicted octanol–water partition coefficient (Wildman–Crippen LogP) is -0.719. The number of hydrogen-bond donors (Lipinski definition) is 3. The van der Waals surface area contributed by atoms with Crippen LogP contribution in [0.2, 0.25) is 0 Å². The van der Waals surface area contributed by atoms with Crippen LogP contribution in [0.3, 0.4) is 0 Å². The lowest BCUT2D eigenvalue weighted by Crippen LogP contribution is -2.48. The number of carbonyl (C=O) groups is 2. The maximum atomic E-state index is 12.0. The van der Waals surface area contributed by atoms with E-state index >= 15 is 0 Å². The van der Waals surface area contributed by atoms with Crippen molar-refractivity contribution >= 4 is 22.1 Å². The summed E-state index contributed by atoms with van der Waals surface area (Å²) in [5.41, 5.74) is 5.64. The van der Waals surface area contributed by atoms with Crippen LogP contribution in [0, 0.1) is 0 Å². The third kappa shape index (κ3) is 5.50. The summed E-state index contributed by atoms with van der Waals surface area (Å²) in [5, 5.41) is 8.90. The second kappa shape index (κ2) is 7.16. The number of hydrogen-bond acceptors (Lipinski definition) is 4. The minimum Gasteiger partial charge on any atom is -0.480 e. The normalized spacial score (nSPS) is 13.0. The molecule has 0 aliphatic rings. The van der Waals surface area contributed by atoms with Gasteiger partial charge in [-0.05, 0) is 5.56 Å². The molecule has 0 aromatic heterocycles. The van der Waals surface area contributed by atoms with Crippen LogP contribution in [0.4, 0.5) is 0 Å². The van der Waals surface area contributed by atoms with Crippen molar-refractivity contribution in [3.8, 4) is 0 Å². The van der Waals surface area contributed by atoms with Gasteiger partial charge in [0.1, 0.15) is 6.04 Å². The highest BCUT2D eigenvalue weighted by atomic mass is 32.2. The highest BCUT2D eigenvalue weighted by Crippen LogP contribution is 2.07. The van der Waals surface area contributed by atoms with Crippen molar-refractivity contribution in [3.63, 3.8) is 0 Å². The molecule has 0 saturated carbocycles. The van der Waals surface area contributed by atoms with Crippen molar-refractivity contribution in [2.75, 3.05) is 7.05 Å². The first-order valence-electron chi connectivity index (χ1n) is 6.01. The number of carboxylic acids is 1. The summed E-state index contributed by atoms with van der Waals surface area (Å²) < 4.78 is 27.0. The third-order valence-corrected chi connectivity index (χ3v) is 4.19. The van der Waals surface area contributed by atoms with Gasteiger partial charge in [0.15, 0.2) is 0 Å². The van der Waals surface area contributed by atoms with Crippen molar-refractivity contribution in [1.29, 1.82) is 0 Å². The number of nitrogens with two attached hydrogens (primary N) is 1. The molecule has 0 fully saturated rings. The van der Waals surface area contributed by atoms with Crippen LogP contribution in [0.15, 0.2) is 30.3 Å². The molecule has 8 nitrogen and oxygen atoms in total. The summed E-state index contributed by atoms with van der Waals surface area (Å²) in [5.74, 6) is -2.37. The van der Waals surface area contributed by atoms with E-state index in [0.29, 0.717) is 0 Å². The van der Waals surface area contributed by atoms with Crippen molar-refractivity contribution in [2.24, 2.45) is 5.73 Å². The number of amides is 1. The van der Waals surface area contributed by atoms with Crippen LogP contribution in [0.5, 0.6) is 0 Å². The number of carbonyl (C=O) groups excluding carboxylic acids is 1. The minimum absolute atomic E-state index is 0.0685. The molecule has 9 heteroatoms. The molecule has 0 bridgehead atoms. The molecule has 1 aromatic rings. The average Bonchev–Trinajstić information content (AvgIpc) is 2.38. The molecule has 1 atom stereocenters. The van der Waals surface area contributed by atoms with Gasteiger partial charge in [-0.3, -0.25) is 9.59 Å². The summed E-state index contributed by atoms with van der Waals surface area (Å²) in [6, 6.07) is 7.20. The van der Waals surface area contributed by atoms with E-state index in [-0.39, 0.29) is 6.54 Å². The second-order valence-corrected chi connectivity index (χ2v) is 6.23. The fourth-order valence-corrected chi connectivity index (χ4v) is 2.62. The first-order valence-corrected chi connectivity index (χ1v) is 7.45. The van der Waals surface area contributed by atoms with E-state index in [4.69, 9.17) is 10.8 Å². The zero-order valence-corrected chi connectivity index (χ0v) is 12.2. The van der Waals surface area contributed by atoms with Gasteiger partial charge >= 0.3 is 5.97 Å². The average molecular weight is 315 g/mol. The summed E-state index contributed by atoms with van der Waals surface area (Å²) in [6.07, 6.45) is -0.617. The van der Waals surface area contributed by atoms with Crippen LogP contribution in [0.1, 0.15) is 12.0 Å².